The molecule has 0 bridgehead atoms. The Morgan fingerprint density at radius 2 is 2.24 bits per heavy atom. The first-order valence-electron chi connectivity index (χ1n) is 5.61. The molecule has 1 aromatic heterocycles. The molecule has 21 heavy (non-hydrogen) atoms. The zero-order valence-corrected chi connectivity index (χ0v) is 13.9. The Labute approximate surface area is 136 Å². The largest absolute Gasteiger partial charge is 0.504 e. The van der Waals surface area contributed by atoms with Crippen LogP contribution in [0.4, 0.5) is 5.69 Å². The number of hydrogen-bond donors (Lipinski definition) is 3. The summed E-state index contributed by atoms with van der Waals surface area (Å²) in [5.41, 5.74) is 3.13. The molecular formula is C12H10Br2N4O3. The van der Waals surface area contributed by atoms with Crippen LogP contribution in [-0.2, 0) is 0 Å². The lowest BCUT2D eigenvalue weighted by molar-refractivity contribution is 0.373. The van der Waals surface area contributed by atoms with Gasteiger partial charge in [0.2, 0.25) is 0 Å². The lowest BCUT2D eigenvalue weighted by atomic mass is 10.2. The molecule has 0 aliphatic rings. The molecule has 0 unspecified atom stereocenters. The van der Waals surface area contributed by atoms with E-state index >= 15 is 0 Å². The molecule has 0 amide bonds. The summed E-state index contributed by atoms with van der Waals surface area (Å²) in [7, 11) is 1.46. The number of ether oxygens (including phenoxy) is 1. The molecule has 3 N–H and O–H groups in total. The maximum absolute atomic E-state index is 11.3. The second-order valence-corrected chi connectivity index (χ2v) is 5.55. The fourth-order valence-electron chi connectivity index (χ4n) is 1.48. The molecule has 0 fully saturated rings. The van der Waals surface area contributed by atoms with E-state index in [0.29, 0.717) is 17.0 Å². The zero-order chi connectivity index (χ0) is 15.4. The van der Waals surface area contributed by atoms with Gasteiger partial charge in [-0.15, -0.1) is 0 Å². The van der Waals surface area contributed by atoms with Crippen molar-refractivity contribution < 1.29 is 9.84 Å². The first kappa shape index (κ1) is 15.5. The number of nitrogens with one attached hydrogen (secondary N) is 2. The third-order valence-electron chi connectivity index (χ3n) is 2.47. The standard InChI is InChI=1S/C12H10Br2N4O3/c1-21-9-3-7(13)2-6(11(9)19)4-15-17-8-5-16-18-12(20)10(8)14/h2-5,19H,1H3,(H2,17,18,20). The number of aromatic amines is 1. The van der Waals surface area contributed by atoms with Crippen molar-refractivity contribution in [3.63, 3.8) is 0 Å². The zero-order valence-electron chi connectivity index (χ0n) is 10.7. The Hall–Kier alpha value is -1.87. The fraction of sp³-hybridized carbons (Fsp3) is 0.0833. The van der Waals surface area contributed by atoms with Crippen LogP contribution in [0, 0.1) is 0 Å². The summed E-state index contributed by atoms with van der Waals surface area (Å²) in [6.07, 6.45) is 2.81. The molecule has 1 aromatic carbocycles. The molecule has 0 atom stereocenters. The number of anilines is 1. The Morgan fingerprint density at radius 1 is 1.48 bits per heavy atom. The van der Waals surface area contributed by atoms with Crippen molar-refractivity contribution in [3.8, 4) is 11.5 Å². The van der Waals surface area contributed by atoms with Crippen molar-refractivity contribution >= 4 is 43.8 Å². The summed E-state index contributed by atoms with van der Waals surface area (Å²) < 4.78 is 6.06. The van der Waals surface area contributed by atoms with Gasteiger partial charge in [0.05, 0.1) is 25.2 Å². The second kappa shape index (κ2) is 6.72. The number of phenols is 1. The number of phenolic OH excluding ortho intramolecular Hbond substituents is 1. The first-order valence-corrected chi connectivity index (χ1v) is 7.20. The van der Waals surface area contributed by atoms with E-state index in [9.17, 15) is 9.90 Å². The summed E-state index contributed by atoms with van der Waals surface area (Å²) >= 11 is 6.43. The fourth-order valence-corrected chi connectivity index (χ4v) is 2.22. The molecule has 1 heterocycles. The third kappa shape index (κ3) is 3.61. The monoisotopic (exact) mass is 416 g/mol. The smallest absolute Gasteiger partial charge is 0.280 e. The van der Waals surface area contributed by atoms with Crippen molar-refractivity contribution in [2.24, 2.45) is 5.10 Å². The Balaban J connectivity index is 2.24. The summed E-state index contributed by atoms with van der Waals surface area (Å²) in [4.78, 5) is 11.3. The topological polar surface area (TPSA) is 99.6 Å². The Morgan fingerprint density at radius 3 is 2.95 bits per heavy atom. The summed E-state index contributed by atoms with van der Waals surface area (Å²) in [5, 5.41) is 19.8. The molecule has 0 saturated heterocycles. The van der Waals surface area contributed by atoms with Crippen LogP contribution in [0.25, 0.3) is 0 Å². The quantitative estimate of drug-likeness (QED) is 0.524. The minimum atomic E-state index is -0.373. The minimum absolute atomic E-state index is 0.0330. The Bertz CT molecular complexity index is 746. The number of aromatic nitrogens is 2. The predicted octanol–water partition coefficient (Wildman–Crippen LogP) is 2.46. The van der Waals surface area contributed by atoms with Crippen molar-refractivity contribution in [1.29, 1.82) is 0 Å². The molecule has 9 heteroatoms. The van der Waals surface area contributed by atoms with Gasteiger partial charge in [-0.05, 0) is 28.1 Å². The van der Waals surface area contributed by atoms with Gasteiger partial charge in [0.15, 0.2) is 11.5 Å². The third-order valence-corrected chi connectivity index (χ3v) is 3.72. The van der Waals surface area contributed by atoms with Gasteiger partial charge in [0.25, 0.3) is 5.56 Å². The van der Waals surface area contributed by atoms with Gasteiger partial charge in [-0.3, -0.25) is 10.2 Å². The lowest BCUT2D eigenvalue weighted by Gasteiger charge is -2.07. The predicted molar refractivity (Wildman–Crippen MR) is 86.1 cm³/mol. The van der Waals surface area contributed by atoms with Crippen molar-refractivity contribution in [2.45, 2.75) is 0 Å². The average molecular weight is 418 g/mol. The van der Waals surface area contributed by atoms with Crippen molar-refractivity contribution in [2.75, 3.05) is 12.5 Å². The van der Waals surface area contributed by atoms with Crippen LogP contribution >= 0.6 is 31.9 Å². The van der Waals surface area contributed by atoms with E-state index in [4.69, 9.17) is 4.74 Å². The summed E-state index contributed by atoms with van der Waals surface area (Å²) in [6.45, 7) is 0. The Kier molecular flexibility index (Phi) is 4.97. The van der Waals surface area contributed by atoms with Crippen molar-refractivity contribution in [3.05, 3.63) is 43.2 Å². The van der Waals surface area contributed by atoms with E-state index in [-0.39, 0.29) is 15.8 Å². The number of methoxy groups -OCH3 is 1. The maximum Gasteiger partial charge on any atom is 0.280 e. The number of hydrazone groups is 1. The van der Waals surface area contributed by atoms with E-state index in [1.807, 2.05) is 0 Å². The molecule has 110 valence electrons. The highest BCUT2D eigenvalue weighted by Gasteiger charge is 2.08. The van der Waals surface area contributed by atoms with E-state index in [1.165, 1.54) is 19.5 Å². The number of halogens is 2. The maximum atomic E-state index is 11.3. The molecule has 7 nitrogen and oxygen atoms in total. The molecule has 2 rings (SSSR count). The van der Waals surface area contributed by atoms with E-state index in [0.717, 1.165) is 4.47 Å². The number of hydrogen-bond acceptors (Lipinski definition) is 6. The average Bonchev–Trinajstić information content (AvgIpc) is 2.46. The van der Waals surface area contributed by atoms with Crippen LogP contribution in [0.1, 0.15) is 5.56 Å². The number of rotatable bonds is 4. The minimum Gasteiger partial charge on any atom is -0.504 e. The van der Waals surface area contributed by atoms with Gasteiger partial charge in [0, 0.05) is 10.0 Å². The highest BCUT2D eigenvalue weighted by atomic mass is 79.9. The van der Waals surface area contributed by atoms with Gasteiger partial charge in [-0.25, -0.2) is 5.10 Å². The van der Waals surface area contributed by atoms with Crippen LogP contribution in [0.2, 0.25) is 0 Å². The first-order chi connectivity index (χ1) is 10.0. The second-order valence-electron chi connectivity index (χ2n) is 3.84. The molecule has 0 spiro atoms. The highest BCUT2D eigenvalue weighted by Crippen LogP contribution is 2.32. The van der Waals surface area contributed by atoms with Crippen LogP contribution < -0.4 is 15.7 Å². The van der Waals surface area contributed by atoms with E-state index in [1.54, 1.807) is 12.1 Å². The number of nitrogens with zero attached hydrogens (tertiary/aromatic N) is 2. The summed E-state index contributed by atoms with van der Waals surface area (Å²) in [6, 6.07) is 3.31. The molecule has 0 aliphatic carbocycles. The normalized spacial score (nSPS) is 10.8. The van der Waals surface area contributed by atoms with Gasteiger partial charge in [-0.1, -0.05) is 15.9 Å². The molecule has 0 saturated carbocycles. The lowest BCUT2D eigenvalue weighted by Crippen LogP contribution is -2.10. The summed E-state index contributed by atoms with van der Waals surface area (Å²) in [5.74, 6) is 0.291. The van der Waals surface area contributed by atoms with E-state index in [2.05, 4.69) is 52.6 Å². The van der Waals surface area contributed by atoms with Crippen molar-refractivity contribution in [1.82, 2.24) is 10.2 Å². The molecule has 0 radical (unpaired) electrons. The molecule has 2 aromatic rings. The van der Waals surface area contributed by atoms with Crippen LogP contribution in [0.15, 0.2) is 37.2 Å². The van der Waals surface area contributed by atoms with Gasteiger partial charge < -0.3 is 9.84 Å². The van der Waals surface area contributed by atoms with Crippen LogP contribution in [0.3, 0.4) is 0 Å². The van der Waals surface area contributed by atoms with Crippen LogP contribution in [-0.4, -0.2) is 28.6 Å². The van der Waals surface area contributed by atoms with Gasteiger partial charge in [-0.2, -0.15) is 10.2 Å². The van der Waals surface area contributed by atoms with E-state index < -0.39 is 0 Å². The molecular weight excluding hydrogens is 408 g/mol. The molecule has 0 aliphatic heterocycles. The number of H-pyrrole nitrogens is 1. The van der Waals surface area contributed by atoms with Gasteiger partial charge in [0.1, 0.15) is 4.47 Å². The SMILES string of the molecule is COc1cc(Br)cc(C=NNc2cn[nH]c(=O)c2Br)c1O. The van der Waals surface area contributed by atoms with Crippen LogP contribution in [0.5, 0.6) is 11.5 Å². The highest BCUT2D eigenvalue weighted by molar-refractivity contribution is 9.10. The number of benzene rings is 1. The number of aromatic hydroxyl groups is 1. The van der Waals surface area contributed by atoms with Gasteiger partial charge >= 0.3 is 0 Å².